The van der Waals surface area contributed by atoms with Gasteiger partial charge < -0.3 is 10.1 Å². The Balaban J connectivity index is 2.12. The number of halogens is 3. The lowest BCUT2D eigenvalue weighted by atomic mass is 9.98. The molecule has 1 aliphatic heterocycles. The van der Waals surface area contributed by atoms with E-state index in [0.29, 0.717) is 34.1 Å². The van der Waals surface area contributed by atoms with Crippen LogP contribution in [-0.2, 0) is 15.8 Å². The van der Waals surface area contributed by atoms with E-state index in [0.717, 1.165) is 12.1 Å². The van der Waals surface area contributed by atoms with Crippen LogP contribution in [0.2, 0.25) is 0 Å². The molecule has 1 aliphatic rings. The first kappa shape index (κ1) is 24.7. The molecule has 1 fully saturated rings. The highest BCUT2D eigenvalue weighted by Crippen LogP contribution is 2.40. The molecule has 3 rings (SSSR count). The Morgan fingerprint density at radius 2 is 1.79 bits per heavy atom. The molecular weight excluding hydrogens is 449 g/mol. The number of rotatable bonds is 6. The van der Waals surface area contributed by atoms with Gasteiger partial charge in [-0.2, -0.15) is 18.4 Å². The summed E-state index contributed by atoms with van der Waals surface area (Å²) in [7, 11) is 1.61. The largest absolute Gasteiger partial charge is 0.417 e. The average molecular weight is 470 g/mol. The number of imide groups is 1. The lowest BCUT2D eigenvalue weighted by Gasteiger charge is -2.28. The molecule has 0 spiro atoms. The van der Waals surface area contributed by atoms with Crippen molar-refractivity contribution in [2.75, 3.05) is 16.8 Å². The predicted molar refractivity (Wildman–Crippen MR) is 120 cm³/mol. The van der Waals surface area contributed by atoms with E-state index < -0.39 is 40.8 Å². The summed E-state index contributed by atoms with van der Waals surface area (Å²) in [5.74, 6) is -0.736. The van der Waals surface area contributed by atoms with E-state index in [1.165, 1.54) is 30.9 Å². The molecule has 2 aromatic rings. The van der Waals surface area contributed by atoms with Crippen molar-refractivity contribution < 1.29 is 27.6 Å². The summed E-state index contributed by atoms with van der Waals surface area (Å²) in [6.45, 7) is 6.69. The molecular formula is C24H21F3N4O3. The van der Waals surface area contributed by atoms with E-state index in [2.05, 4.69) is 11.9 Å². The maximum Gasteiger partial charge on any atom is 0.417 e. The Kier molecular flexibility index (Phi) is 6.35. The van der Waals surface area contributed by atoms with Crippen molar-refractivity contribution in [2.45, 2.75) is 31.6 Å². The van der Waals surface area contributed by atoms with E-state index >= 15 is 0 Å². The molecule has 1 unspecified atom stereocenters. The fourth-order valence-electron chi connectivity index (χ4n) is 3.92. The summed E-state index contributed by atoms with van der Waals surface area (Å²) in [6, 6.07) is 7.41. The molecule has 1 atom stereocenters. The molecule has 0 radical (unpaired) electrons. The molecule has 0 aliphatic carbocycles. The van der Waals surface area contributed by atoms with Gasteiger partial charge in [-0.05, 0) is 62.4 Å². The minimum Gasteiger partial charge on any atom is -0.307 e. The van der Waals surface area contributed by atoms with Crippen molar-refractivity contribution in [1.82, 2.24) is 5.32 Å². The van der Waals surface area contributed by atoms with Crippen molar-refractivity contribution >= 4 is 35.7 Å². The highest BCUT2D eigenvalue weighted by Gasteiger charge is 2.53. The Hall–Kier alpha value is -3.97. The summed E-state index contributed by atoms with van der Waals surface area (Å²) < 4.78 is 40.3. The van der Waals surface area contributed by atoms with Gasteiger partial charge in [-0.3, -0.25) is 9.69 Å². The smallest absolute Gasteiger partial charge is 0.307 e. The molecule has 7 nitrogen and oxygen atoms in total. The number of likely N-dealkylation sites (N-methyl/N-ethyl adjacent to an activating group) is 1. The Labute approximate surface area is 194 Å². The quantitative estimate of drug-likeness (QED) is 0.498. The maximum absolute atomic E-state index is 13.4. The number of hydrogen-bond acceptors (Lipinski definition) is 5. The molecule has 1 saturated heterocycles. The normalized spacial score (nSPS) is 16.4. The average Bonchev–Trinajstić information content (AvgIpc) is 2.97. The maximum atomic E-state index is 13.4. The van der Waals surface area contributed by atoms with E-state index in [1.807, 2.05) is 0 Å². The predicted octanol–water partition coefficient (Wildman–Crippen LogP) is 4.43. The van der Waals surface area contributed by atoms with Crippen LogP contribution < -0.4 is 15.1 Å². The number of aldehydes is 1. The van der Waals surface area contributed by atoms with Gasteiger partial charge in [0.25, 0.3) is 5.91 Å². The van der Waals surface area contributed by atoms with Gasteiger partial charge in [0.1, 0.15) is 11.8 Å². The number of benzene rings is 2. The Bertz CT molecular complexity index is 1230. The van der Waals surface area contributed by atoms with Crippen molar-refractivity contribution in [3.05, 3.63) is 65.2 Å². The summed E-state index contributed by atoms with van der Waals surface area (Å²) in [5.41, 5.74) is -2.15. The van der Waals surface area contributed by atoms with E-state index in [9.17, 15) is 27.6 Å². The number of nitrogens with zero attached hydrogens (tertiary/aromatic N) is 3. The molecule has 0 aromatic heterocycles. The van der Waals surface area contributed by atoms with Crippen LogP contribution in [0, 0.1) is 11.3 Å². The summed E-state index contributed by atoms with van der Waals surface area (Å²) in [5, 5.41) is 11.9. The molecule has 10 heteroatoms. The monoisotopic (exact) mass is 470 g/mol. The number of urea groups is 1. The lowest BCUT2D eigenvalue weighted by molar-refractivity contribution is -0.137. The first-order chi connectivity index (χ1) is 15.9. The Morgan fingerprint density at radius 3 is 2.32 bits per heavy atom. The second kappa shape index (κ2) is 8.76. The van der Waals surface area contributed by atoms with Crippen LogP contribution in [0.25, 0.3) is 6.08 Å². The van der Waals surface area contributed by atoms with Crippen LogP contribution in [0.5, 0.6) is 0 Å². The minimum atomic E-state index is -4.85. The molecule has 1 N–H and O–H groups in total. The number of alkyl halides is 3. The zero-order valence-corrected chi connectivity index (χ0v) is 18.6. The van der Waals surface area contributed by atoms with Crippen LogP contribution in [-0.4, -0.2) is 30.8 Å². The third kappa shape index (κ3) is 3.95. The second-order valence-electron chi connectivity index (χ2n) is 8.08. The first-order valence-electron chi connectivity index (χ1n) is 10.1. The highest BCUT2D eigenvalue weighted by atomic mass is 19.4. The number of carbonyl (C=O) groups is 3. The second-order valence-corrected chi connectivity index (χ2v) is 8.08. The number of nitrogens with one attached hydrogen (secondary N) is 1. The van der Waals surface area contributed by atoms with Crippen LogP contribution in [0.1, 0.15) is 42.1 Å². The van der Waals surface area contributed by atoms with Gasteiger partial charge in [0.15, 0.2) is 0 Å². The van der Waals surface area contributed by atoms with E-state index in [-0.39, 0.29) is 5.69 Å². The molecule has 176 valence electrons. The van der Waals surface area contributed by atoms with Crippen molar-refractivity contribution in [1.29, 1.82) is 5.26 Å². The van der Waals surface area contributed by atoms with Gasteiger partial charge in [0, 0.05) is 5.69 Å². The summed E-state index contributed by atoms with van der Waals surface area (Å²) >= 11 is 0. The molecule has 34 heavy (non-hydrogen) atoms. The molecule has 3 amide bonds. The van der Waals surface area contributed by atoms with Gasteiger partial charge in [-0.1, -0.05) is 18.7 Å². The fourth-order valence-corrected chi connectivity index (χ4v) is 3.92. The van der Waals surface area contributed by atoms with Crippen LogP contribution in [0.4, 0.5) is 29.3 Å². The van der Waals surface area contributed by atoms with Gasteiger partial charge in [-0.25, -0.2) is 9.69 Å². The third-order valence-electron chi connectivity index (χ3n) is 5.69. The lowest BCUT2D eigenvalue weighted by Crippen LogP contribution is -2.44. The summed E-state index contributed by atoms with van der Waals surface area (Å²) in [4.78, 5) is 39.8. The van der Waals surface area contributed by atoms with E-state index in [1.54, 1.807) is 25.2 Å². The molecule has 1 heterocycles. The van der Waals surface area contributed by atoms with Crippen LogP contribution in [0.3, 0.4) is 0 Å². The third-order valence-corrected chi connectivity index (χ3v) is 5.69. The number of nitriles is 1. The van der Waals surface area contributed by atoms with Crippen molar-refractivity contribution in [3.8, 4) is 6.07 Å². The topological polar surface area (TPSA) is 93.5 Å². The Morgan fingerprint density at radius 1 is 1.15 bits per heavy atom. The van der Waals surface area contributed by atoms with Crippen molar-refractivity contribution in [2.24, 2.45) is 0 Å². The zero-order valence-electron chi connectivity index (χ0n) is 18.6. The minimum absolute atomic E-state index is 0.298. The number of hydrogen-bond donors (Lipinski definition) is 1. The fraction of sp³-hybridized carbons (Fsp3) is 0.250. The first-order valence-corrected chi connectivity index (χ1v) is 10.1. The van der Waals surface area contributed by atoms with Crippen LogP contribution >= 0.6 is 0 Å². The van der Waals surface area contributed by atoms with Gasteiger partial charge >= 0.3 is 12.2 Å². The standard InChI is InChI=1S/C24H21F3N4O3/c1-5-14-10-17(8-9-18(14)20(13-32)29-4)31-22(34)30(21(33)23(31,2)3)16-7-6-15(12-28)19(11-16)24(25,26)27/h5-11,13,20,29H,1H2,2-4H3. The van der Waals surface area contributed by atoms with E-state index in [4.69, 9.17) is 5.26 Å². The molecule has 2 aromatic carbocycles. The number of amides is 3. The molecule has 0 saturated carbocycles. The molecule has 0 bridgehead atoms. The zero-order chi connectivity index (χ0) is 25.4. The van der Waals surface area contributed by atoms with Gasteiger partial charge in [0.2, 0.25) is 0 Å². The van der Waals surface area contributed by atoms with Crippen LogP contribution in [0.15, 0.2) is 43.0 Å². The number of anilines is 2. The highest BCUT2D eigenvalue weighted by molar-refractivity contribution is 6.30. The van der Waals surface area contributed by atoms with Gasteiger partial charge in [-0.15, -0.1) is 0 Å². The summed E-state index contributed by atoms with van der Waals surface area (Å²) in [6.07, 6.45) is -2.64. The number of carbonyl (C=O) groups excluding carboxylic acids is 3. The van der Waals surface area contributed by atoms with Crippen molar-refractivity contribution in [3.63, 3.8) is 0 Å². The SMILES string of the molecule is C=Cc1cc(N2C(=O)N(c3ccc(C#N)c(C(F)(F)F)c3)C(=O)C2(C)C)ccc1C(C=O)NC. The van der Waals surface area contributed by atoms with Gasteiger partial charge in [0.05, 0.1) is 28.9 Å².